The molecule has 1 N–H and O–H groups in total. The van der Waals surface area contributed by atoms with Crippen LogP contribution in [-0.4, -0.2) is 20.7 Å². The first-order chi connectivity index (χ1) is 12.1. The van der Waals surface area contributed by atoms with Gasteiger partial charge in [-0.25, -0.2) is 0 Å². The molecule has 0 spiro atoms. The minimum absolute atomic E-state index is 0.0139. The SMILES string of the molecule is Cc1ccc2nc3c(c(C(=O)NCc4cnn(C)c4)c2c1)CCCC3. The lowest BCUT2D eigenvalue weighted by Gasteiger charge is -2.20. The molecule has 128 valence electrons. The van der Waals surface area contributed by atoms with Crippen molar-refractivity contribution < 1.29 is 4.79 Å². The number of rotatable bonds is 3. The molecule has 4 rings (SSSR count). The number of pyridine rings is 1. The zero-order valence-electron chi connectivity index (χ0n) is 14.7. The van der Waals surface area contributed by atoms with Gasteiger partial charge in [0.2, 0.25) is 0 Å². The predicted molar refractivity (Wildman–Crippen MR) is 97.5 cm³/mol. The largest absolute Gasteiger partial charge is 0.348 e. The molecule has 3 aromatic rings. The Morgan fingerprint density at radius 2 is 2.12 bits per heavy atom. The Balaban J connectivity index is 1.75. The summed E-state index contributed by atoms with van der Waals surface area (Å²) in [7, 11) is 1.88. The van der Waals surface area contributed by atoms with E-state index in [4.69, 9.17) is 4.98 Å². The number of hydrogen-bond acceptors (Lipinski definition) is 3. The summed E-state index contributed by atoms with van der Waals surface area (Å²) in [6, 6.07) is 6.16. The average molecular weight is 334 g/mol. The van der Waals surface area contributed by atoms with E-state index in [0.717, 1.165) is 64.5 Å². The first-order valence-corrected chi connectivity index (χ1v) is 8.79. The van der Waals surface area contributed by atoms with E-state index in [2.05, 4.69) is 29.5 Å². The number of amides is 1. The van der Waals surface area contributed by atoms with Crippen LogP contribution in [0.25, 0.3) is 10.9 Å². The number of nitrogens with zero attached hydrogens (tertiary/aromatic N) is 3. The van der Waals surface area contributed by atoms with Crippen molar-refractivity contribution in [3.63, 3.8) is 0 Å². The van der Waals surface area contributed by atoms with E-state index in [-0.39, 0.29) is 5.91 Å². The van der Waals surface area contributed by atoms with Crippen molar-refractivity contribution in [3.8, 4) is 0 Å². The molecule has 0 unspecified atom stereocenters. The average Bonchev–Trinajstić information content (AvgIpc) is 3.03. The Morgan fingerprint density at radius 3 is 2.92 bits per heavy atom. The van der Waals surface area contributed by atoms with Crippen LogP contribution < -0.4 is 5.32 Å². The molecule has 0 aliphatic heterocycles. The topological polar surface area (TPSA) is 59.8 Å². The van der Waals surface area contributed by atoms with E-state index in [9.17, 15) is 4.79 Å². The molecule has 0 radical (unpaired) electrons. The van der Waals surface area contributed by atoms with Crippen molar-refractivity contribution in [2.45, 2.75) is 39.2 Å². The summed E-state index contributed by atoms with van der Waals surface area (Å²) in [5.41, 5.74) is 6.10. The molecule has 1 aliphatic carbocycles. The van der Waals surface area contributed by atoms with E-state index in [1.807, 2.05) is 19.3 Å². The molecule has 2 heterocycles. The second-order valence-electron chi connectivity index (χ2n) is 6.84. The van der Waals surface area contributed by atoms with Crippen LogP contribution in [0.3, 0.4) is 0 Å². The normalized spacial score (nSPS) is 13.7. The quantitative estimate of drug-likeness (QED) is 0.801. The molecule has 2 aromatic heterocycles. The maximum atomic E-state index is 13.1. The highest BCUT2D eigenvalue weighted by Crippen LogP contribution is 2.29. The lowest BCUT2D eigenvalue weighted by Crippen LogP contribution is -2.26. The summed E-state index contributed by atoms with van der Waals surface area (Å²) in [6.45, 7) is 2.54. The van der Waals surface area contributed by atoms with Gasteiger partial charge in [-0.2, -0.15) is 5.10 Å². The van der Waals surface area contributed by atoms with E-state index in [0.29, 0.717) is 6.54 Å². The van der Waals surface area contributed by atoms with Gasteiger partial charge in [-0.1, -0.05) is 11.6 Å². The third-order valence-corrected chi connectivity index (χ3v) is 4.86. The molecule has 5 nitrogen and oxygen atoms in total. The molecule has 0 atom stereocenters. The van der Waals surface area contributed by atoms with Gasteiger partial charge in [0.15, 0.2) is 0 Å². The van der Waals surface area contributed by atoms with Crippen molar-refractivity contribution in [1.82, 2.24) is 20.1 Å². The highest BCUT2D eigenvalue weighted by atomic mass is 16.1. The van der Waals surface area contributed by atoms with Gasteiger partial charge in [-0.15, -0.1) is 0 Å². The van der Waals surface area contributed by atoms with E-state index in [1.165, 1.54) is 0 Å². The third kappa shape index (κ3) is 3.02. The number of nitrogens with one attached hydrogen (secondary N) is 1. The zero-order valence-corrected chi connectivity index (χ0v) is 14.7. The van der Waals surface area contributed by atoms with Crippen LogP contribution in [0.5, 0.6) is 0 Å². The second kappa shape index (κ2) is 6.31. The number of carbonyl (C=O) groups is 1. The lowest BCUT2D eigenvalue weighted by molar-refractivity contribution is 0.0951. The van der Waals surface area contributed by atoms with Crippen molar-refractivity contribution in [3.05, 3.63) is 58.5 Å². The smallest absolute Gasteiger partial charge is 0.252 e. The predicted octanol–water partition coefficient (Wildman–Crippen LogP) is 3.09. The van der Waals surface area contributed by atoms with Gasteiger partial charge >= 0.3 is 0 Å². The number of hydrogen-bond donors (Lipinski definition) is 1. The molecule has 0 bridgehead atoms. The van der Waals surface area contributed by atoms with E-state index < -0.39 is 0 Å². The number of aromatic nitrogens is 3. The summed E-state index contributed by atoms with van der Waals surface area (Å²) in [5.74, 6) is -0.0139. The first kappa shape index (κ1) is 15.8. The van der Waals surface area contributed by atoms with Crippen LogP contribution in [0.15, 0.2) is 30.6 Å². The Hall–Kier alpha value is -2.69. The highest BCUT2D eigenvalue weighted by Gasteiger charge is 2.22. The van der Waals surface area contributed by atoms with Crippen LogP contribution in [0.1, 0.15) is 45.6 Å². The second-order valence-corrected chi connectivity index (χ2v) is 6.84. The Labute approximate surface area is 147 Å². The van der Waals surface area contributed by atoms with Gasteiger partial charge in [0, 0.05) is 36.4 Å². The number of benzene rings is 1. The monoisotopic (exact) mass is 334 g/mol. The third-order valence-electron chi connectivity index (χ3n) is 4.86. The maximum Gasteiger partial charge on any atom is 0.252 e. The summed E-state index contributed by atoms with van der Waals surface area (Å²) in [5, 5.41) is 8.19. The van der Waals surface area contributed by atoms with Gasteiger partial charge in [-0.05, 0) is 50.3 Å². The minimum atomic E-state index is -0.0139. The van der Waals surface area contributed by atoms with Crippen LogP contribution in [-0.2, 0) is 26.4 Å². The molecule has 5 heteroatoms. The molecule has 0 fully saturated rings. The van der Waals surface area contributed by atoms with Gasteiger partial charge in [-0.3, -0.25) is 14.5 Å². The minimum Gasteiger partial charge on any atom is -0.348 e. The van der Waals surface area contributed by atoms with E-state index >= 15 is 0 Å². The Kier molecular flexibility index (Phi) is 3.99. The molecule has 0 saturated heterocycles. The summed E-state index contributed by atoms with van der Waals surface area (Å²) < 4.78 is 1.74. The molecular weight excluding hydrogens is 312 g/mol. The standard InChI is InChI=1S/C20H22N4O/c1-13-7-8-18-16(9-13)19(15-5-3-4-6-17(15)23-18)20(25)21-10-14-11-22-24(2)12-14/h7-9,11-12H,3-6,10H2,1-2H3,(H,21,25). The van der Waals surface area contributed by atoms with E-state index in [1.54, 1.807) is 10.9 Å². The van der Waals surface area contributed by atoms with Gasteiger partial charge in [0.1, 0.15) is 0 Å². The summed E-state index contributed by atoms with van der Waals surface area (Å²) >= 11 is 0. The molecule has 25 heavy (non-hydrogen) atoms. The molecule has 1 amide bonds. The van der Waals surface area contributed by atoms with Crippen LogP contribution >= 0.6 is 0 Å². The lowest BCUT2D eigenvalue weighted by atomic mass is 9.89. The van der Waals surface area contributed by atoms with Gasteiger partial charge in [0.05, 0.1) is 17.3 Å². The Morgan fingerprint density at radius 1 is 1.28 bits per heavy atom. The van der Waals surface area contributed by atoms with Crippen molar-refractivity contribution >= 4 is 16.8 Å². The van der Waals surface area contributed by atoms with Gasteiger partial charge < -0.3 is 5.32 Å². The Bertz CT molecular complexity index is 958. The van der Waals surface area contributed by atoms with Crippen molar-refractivity contribution in [1.29, 1.82) is 0 Å². The number of aryl methyl sites for hydroxylation is 3. The zero-order chi connectivity index (χ0) is 17.4. The number of carbonyl (C=O) groups excluding carboxylic acids is 1. The van der Waals surface area contributed by atoms with Crippen LogP contribution in [0, 0.1) is 6.92 Å². The van der Waals surface area contributed by atoms with Crippen molar-refractivity contribution in [2.24, 2.45) is 7.05 Å². The first-order valence-electron chi connectivity index (χ1n) is 8.79. The fourth-order valence-corrected chi connectivity index (χ4v) is 3.63. The fraction of sp³-hybridized carbons (Fsp3) is 0.350. The summed E-state index contributed by atoms with van der Waals surface area (Å²) in [6.07, 6.45) is 7.86. The molecule has 1 aromatic carbocycles. The molecular formula is C20H22N4O. The maximum absolute atomic E-state index is 13.1. The highest BCUT2D eigenvalue weighted by molar-refractivity contribution is 6.07. The number of fused-ring (bicyclic) bond motifs is 2. The van der Waals surface area contributed by atoms with Crippen molar-refractivity contribution in [2.75, 3.05) is 0 Å². The van der Waals surface area contributed by atoms with Crippen LogP contribution in [0.2, 0.25) is 0 Å². The summed E-state index contributed by atoms with van der Waals surface area (Å²) in [4.78, 5) is 17.9. The fourth-order valence-electron chi connectivity index (χ4n) is 3.63. The molecule has 0 saturated carbocycles. The van der Waals surface area contributed by atoms with Gasteiger partial charge in [0.25, 0.3) is 5.91 Å². The molecule has 1 aliphatic rings. The van der Waals surface area contributed by atoms with Crippen LogP contribution in [0.4, 0.5) is 0 Å².